The van der Waals surface area contributed by atoms with Crippen LogP contribution in [-0.2, 0) is 13.0 Å². The van der Waals surface area contributed by atoms with Crippen molar-refractivity contribution in [3.05, 3.63) is 35.5 Å². The number of hydrogen-bond acceptors (Lipinski definition) is 4. The van der Waals surface area contributed by atoms with Gasteiger partial charge in [0, 0.05) is 19.5 Å². The van der Waals surface area contributed by atoms with E-state index >= 15 is 0 Å². The van der Waals surface area contributed by atoms with Crippen molar-refractivity contribution in [3.63, 3.8) is 0 Å². The predicted octanol–water partition coefficient (Wildman–Crippen LogP) is 1.36. The zero-order chi connectivity index (χ0) is 13.8. The molecule has 0 saturated carbocycles. The van der Waals surface area contributed by atoms with E-state index in [9.17, 15) is 4.79 Å². The molecule has 0 bridgehead atoms. The van der Waals surface area contributed by atoms with Crippen LogP contribution in [0.2, 0.25) is 0 Å². The highest BCUT2D eigenvalue weighted by molar-refractivity contribution is 5.97. The largest absolute Gasteiger partial charge is 0.469 e. The van der Waals surface area contributed by atoms with E-state index in [1.807, 2.05) is 19.1 Å². The Kier molecular flexibility index (Phi) is 3.89. The predicted molar refractivity (Wildman–Crippen MR) is 71.8 cm³/mol. The molecule has 0 aliphatic rings. The Morgan fingerprint density at radius 3 is 3.00 bits per heavy atom. The number of hydrogen-bond donors (Lipinski definition) is 2. The molecule has 2 aromatic heterocycles. The Hall–Kier alpha value is -2.24. The summed E-state index contributed by atoms with van der Waals surface area (Å²) in [5, 5.41) is 7.05. The molecule has 0 aliphatic carbocycles. The lowest BCUT2D eigenvalue weighted by Crippen LogP contribution is -2.28. The van der Waals surface area contributed by atoms with Gasteiger partial charge < -0.3 is 15.5 Å². The lowest BCUT2D eigenvalue weighted by atomic mass is 10.2. The van der Waals surface area contributed by atoms with E-state index in [0.717, 1.165) is 5.76 Å². The number of nitrogens with one attached hydrogen (secondary N) is 1. The van der Waals surface area contributed by atoms with Gasteiger partial charge in [-0.25, -0.2) is 0 Å². The molecule has 0 saturated heterocycles. The zero-order valence-corrected chi connectivity index (χ0v) is 11.1. The molecule has 0 aromatic carbocycles. The van der Waals surface area contributed by atoms with Gasteiger partial charge in [0.1, 0.15) is 11.5 Å². The molecule has 1 amide bonds. The average Bonchev–Trinajstić information content (AvgIpc) is 2.99. The Balaban J connectivity index is 2.00. The number of aromatic nitrogens is 2. The molecule has 2 rings (SSSR count). The van der Waals surface area contributed by atoms with Crippen molar-refractivity contribution in [2.24, 2.45) is 0 Å². The second-order valence-electron chi connectivity index (χ2n) is 4.25. The van der Waals surface area contributed by atoms with Crippen LogP contribution in [0.3, 0.4) is 0 Å². The molecule has 0 radical (unpaired) electrons. The van der Waals surface area contributed by atoms with Crippen LogP contribution in [0.5, 0.6) is 0 Å². The first-order valence-corrected chi connectivity index (χ1v) is 6.27. The molecular formula is C13H18N4O2. The fraction of sp³-hybridized carbons (Fsp3) is 0.385. The highest BCUT2D eigenvalue weighted by Crippen LogP contribution is 2.16. The van der Waals surface area contributed by atoms with E-state index in [1.165, 1.54) is 0 Å². The Morgan fingerprint density at radius 1 is 1.58 bits per heavy atom. The third kappa shape index (κ3) is 2.78. The molecule has 0 spiro atoms. The summed E-state index contributed by atoms with van der Waals surface area (Å²) < 4.78 is 6.82. The standard InChI is InChI=1S/C13H18N4O2/c1-3-17-12(11(14)9(2)16-17)13(18)15-7-6-10-5-4-8-19-10/h4-5,8H,3,6-7,14H2,1-2H3,(H,15,18). The fourth-order valence-corrected chi connectivity index (χ4v) is 1.90. The maximum Gasteiger partial charge on any atom is 0.271 e. The van der Waals surface area contributed by atoms with Crippen molar-refractivity contribution in [1.82, 2.24) is 15.1 Å². The first-order chi connectivity index (χ1) is 9.13. The molecular weight excluding hydrogens is 244 g/mol. The number of rotatable bonds is 5. The summed E-state index contributed by atoms with van der Waals surface area (Å²) in [5.74, 6) is 0.639. The summed E-state index contributed by atoms with van der Waals surface area (Å²) in [4.78, 5) is 12.1. The molecule has 2 heterocycles. The molecule has 3 N–H and O–H groups in total. The summed E-state index contributed by atoms with van der Waals surface area (Å²) in [6.45, 7) is 4.82. The average molecular weight is 262 g/mol. The normalized spacial score (nSPS) is 10.6. The number of nitrogens with zero attached hydrogens (tertiary/aromatic N) is 2. The van der Waals surface area contributed by atoms with Crippen molar-refractivity contribution < 1.29 is 9.21 Å². The molecule has 0 atom stereocenters. The van der Waals surface area contributed by atoms with Gasteiger partial charge in [-0.3, -0.25) is 9.48 Å². The topological polar surface area (TPSA) is 86.1 Å². The zero-order valence-electron chi connectivity index (χ0n) is 11.1. The van der Waals surface area contributed by atoms with Crippen LogP contribution in [0.1, 0.15) is 28.9 Å². The summed E-state index contributed by atoms with van der Waals surface area (Å²) in [6, 6.07) is 3.70. The number of aryl methyl sites for hydroxylation is 2. The smallest absolute Gasteiger partial charge is 0.271 e. The van der Waals surface area contributed by atoms with Crippen LogP contribution >= 0.6 is 0 Å². The number of anilines is 1. The number of amides is 1. The SMILES string of the molecule is CCn1nc(C)c(N)c1C(=O)NCCc1ccco1. The van der Waals surface area contributed by atoms with Crippen molar-refractivity contribution in [2.45, 2.75) is 26.8 Å². The Morgan fingerprint density at radius 2 is 2.37 bits per heavy atom. The third-order valence-electron chi connectivity index (χ3n) is 2.93. The van der Waals surface area contributed by atoms with E-state index in [4.69, 9.17) is 10.2 Å². The Bertz CT molecular complexity index is 557. The van der Waals surface area contributed by atoms with Gasteiger partial charge in [-0.2, -0.15) is 5.10 Å². The van der Waals surface area contributed by atoms with Gasteiger partial charge >= 0.3 is 0 Å². The van der Waals surface area contributed by atoms with E-state index < -0.39 is 0 Å². The fourth-order valence-electron chi connectivity index (χ4n) is 1.90. The molecule has 19 heavy (non-hydrogen) atoms. The highest BCUT2D eigenvalue weighted by Gasteiger charge is 2.18. The second-order valence-corrected chi connectivity index (χ2v) is 4.25. The highest BCUT2D eigenvalue weighted by atomic mass is 16.3. The van der Waals surface area contributed by atoms with Gasteiger partial charge in [-0.1, -0.05) is 0 Å². The van der Waals surface area contributed by atoms with Crippen LogP contribution < -0.4 is 11.1 Å². The third-order valence-corrected chi connectivity index (χ3v) is 2.93. The van der Waals surface area contributed by atoms with E-state index in [1.54, 1.807) is 17.9 Å². The Labute approximate surface area is 111 Å². The van der Waals surface area contributed by atoms with Crippen molar-refractivity contribution in [1.29, 1.82) is 0 Å². The molecule has 0 aliphatic heterocycles. The molecule has 0 fully saturated rings. The first-order valence-electron chi connectivity index (χ1n) is 6.27. The van der Waals surface area contributed by atoms with E-state index in [2.05, 4.69) is 10.4 Å². The lowest BCUT2D eigenvalue weighted by molar-refractivity contribution is 0.0944. The minimum Gasteiger partial charge on any atom is -0.469 e. The lowest BCUT2D eigenvalue weighted by Gasteiger charge is -2.06. The number of furan rings is 1. The van der Waals surface area contributed by atoms with Gasteiger partial charge in [-0.05, 0) is 26.0 Å². The van der Waals surface area contributed by atoms with Gasteiger partial charge in [0.05, 0.1) is 17.6 Å². The number of nitrogens with two attached hydrogens (primary N) is 1. The summed E-state index contributed by atoms with van der Waals surface area (Å²) in [5.41, 5.74) is 7.43. The monoisotopic (exact) mass is 262 g/mol. The van der Waals surface area contributed by atoms with Crippen LogP contribution in [0.25, 0.3) is 0 Å². The quantitative estimate of drug-likeness (QED) is 0.851. The van der Waals surface area contributed by atoms with E-state index in [0.29, 0.717) is 36.6 Å². The van der Waals surface area contributed by atoms with Crippen molar-refractivity contribution >= 4 is 11.6 Å². The second kappa shape index (κ2) is 5.60. The van der Waals surface area contributed by atoms with Gasteiger partial charge in [-0.15, -0.1) is 0 Å². The van der Waals surface area contributed by atoms with Crippen LogP contribution in [-0.4, -0.2) is 22.2 Å². The van der Waals surface area contributed by atoms with Gasteiger partial charge in [0.25, 0.3) is 5.91 Å². The number of carbonyl (C=O) groups excluding carboxylic acids is 1. The minimum absolute atomic E-state index is 0.202. The van der Waals surface area contributed by atoms with Gasteiger partial charge in [0.2, 0.25) is 0 Å². The summed E-state index contributed by atoms with van der Waals surface area (Å²) in [6.07, 6.45) is 2.27. The molecule has 2 aromatic rings. The molecule has 6 heteroatoms. The minimum atomic E-state index is -0.202. The molecule has 102 valence electrons. The number of nitrogen functional groups attached to an aromatic ring is 1. The van der Waals surface area contributed by atoms with Crippen LogP contribution in [0.15, 0.2) is 22.8 Å². The van der Waals surface area contributed by atoms with Crippen molar-refractivity contribution in [3.8, 4) is 0 Å². The number of carbonyl (C=O) groups is 1. The first kappa shape index (κ1) is 13.2. The summed E-state index contributed by atoms with van der Waals surface area (Å²) in [7, 11) is 0. The van der Waals surface area contributed by atoms with Gasteiger partial charge in [0.15, 0.2) is 0 Å². The van der Waals surface area contributed by atoms with E-state index in [-0.39, 0.29) is 5.91 Å². The molecule has 0 unspecified atom stereocenters. The van der Waals surface area contributed by atoms with Crippen LogP contribution in [0.4, 0.5) is 5.69 Å². The molecule has 6 nitrogen and oxygen atoms in total. The maximum absolute atomic E-state index is 12.1. The summed E-state index contributed by atoms with van der Waals surface area (Å²) >= 11 is 0. The van der Waals surface area contributed by atoms with Crippen LogP contribution in [0, 0.1) is 6.92 Å². The van der Waals surface area contributed by atoms with Crippen molar-refractivity contribution in [2.75, 3.05) is 12.3 Å². The maximum atomic E-state index is 12.1.